The van der Waals surface area contributed by atoms with Crippen molar-refractivity contribution < 1.29 is 4.74 Å². The molecular weight excluding hydrogens is 208 g/mol. The van der Waals surface area contributed by atoms with Crippen LogP contribution in [0.15, 0.2) is 0 Å². The van der Waals surface area contributed by atoms with Crippen molar-refractivity contribution in [3.05, 3.63) is 0 Å². The van der Waals surface area contributed by atoms with E-state index in [-0.39, 0.29) is 0 Å². The number of rotatable bonds is 10. The van der Waals surface area contributed by atoms with Crippen molar-refractivity contribution in [3.63, 3.8) is 0 Å². The fourth-order valence-corrected chi connectivity index (χ4v) is 2.45. The Kier molecular flexibility index (Phi) is 9.91. The highest BCUT2D eigenvalue weighted by Gasteiger charge is 2.17. The maximum atomic E-state index is 6.35. The van der Waals surface area contributed by atoms with Gasteiger partial charge in [0.2, 0.25) is 0 Å². The van der Waals surface area contributed by atoms with Crippen molar-refractivity contribution in [1.82, 2.24) is 0 Å². The van der Waals surface area contributed by atoms with Crippen LogP contribution in [-0.4, -0.2) is 12.2 Å². The van der Waals surface area contributed by atoms with Crippen molar-refractivity contribution in [2.75, 3.05) is 0 Å². The summed E-state index contributed by atoms with van der Waals surface area (Å²) in [6.07, 6.45) is 8.30. The number of hydrogen-bond donors (Lipinski definition) is 0. The Morgan fingerprint density at radius 1 is 0.706 bits per heavy atom. The first-order valence-electron chi connectivity index (χ1n) is 7.64. The molecular formula is C16H34O. The Balaban J connectivity index is 4.22. The summed E-state index contributed by atoms with van der Waals surface area (Å²) in [7, 11) is 0. The monoisotopic (exact) mass is 242 g/mol. The second-order valence-electron chi connectivity index (χ2n) is 6.22. The van der Waals surface area contributed by atoms with Crippen molar-refractivity contribution in [3.8, 4) is 0 Å². The molecule has 0 saturated carbocycles. The lowest BCUT2D eigenvalue weighted by atomic mass is 9.99. The minimum absolute atomic E-state index is 0.482. The highest BCUT2D eigenvalue weighted by atomic mass is 16.5. The maximum Gasteiger partial charge on any atom is 0.0581 e. The minimum atomic E-state index is 0.482. The zero-order valence-corrected chi connectivity index (χ0v) is 13.0. The fraction of sp³-hybridized carbons (Fsp3) is 1.00. The molecule has 0 aliphatic heterocycles. The van der Waals surface area contributed by atoms with E-state index in [9.17, 15) is 0 Å². The van der Waals surface area contributed by atoms with E-state index in [0.29, 0.717) is 12.2 Å². The molecule has 0 aromatic carbocycles. The lowest BCUT2D eigenvalue weighted by Gasteiger charge is -2.27. The van der Waals surface area contributed by atoms with E-state index >= 15 is 0 Å². The highest BCUT2D eigenvalue weighted by Crippen LogP contribution is 2.21. The smallest absolute Gasteiger partial charge is 0.0581 e. The molecule has 0 rings (SSSR count). The third kappa shape index (κ3) is 9.64. The lowest BCUT2D eigenvalue weighted by molar-refractivity contribution is -0.0391. The van der Waals surface area contributed by atoms with Crippen LogP contribution in [0.25, 0.3) is 0 Å². The molecule has 2 atom stereocenters. The Bertz CT molecular complexity index is 145. The van der Waals surface area contributed by atoms with Gasteiger partial charge in [0.25, 0.3) is 0 Å². The molecule has 0 fully saturated rings. The molecule has 0 aromatic heterocycles. The van der Waals surface area contributed by atoms with Crippen LogP contribution in [0.4, 0.5) is 0 Å². The number of hydrogen-bond acceptors (Lipinski definition) is 1. The molecule has 1 nitrogen and oxygen atoms in total. The molecule has 0 radical (unpaired) electrons. The summed E-state index contributed by atoms with van der Waals surface area (Å²) in [5.41, 5.74) is 0. The van der Waals surface area contributed by atoms with Crippen molar-refractivity contribution >= 4 is 0 Å². The third-order valence-corrected chi connectivity index (χ3v) is 3.07. The van der Waals surface area contributed by atoms with Gasteiger partial charge in [-0.25, -0.2) is 0 Å². The molecule has 1 heteroatoms. The lowest BCUT2D eigenvalue weighted by Crippen LogP contribution is -2.25. The zero-order chi connectivity index (χ0) is 13.3. The van der Waals surface area contributed by atoms with E-state index in [1.54, 1.807) is 0 Å². The SMILES string of the molecule is CCCC(CC(C)C)OC(CCC)CC(C)C. The van der Waals surface area contributed by atoms with E-state index < -0.39 is 0 Å². The fourth-order valence-electron chi connectivity index (χ4n) is 2.45. The topological polar surface area (TPSA) is 9.23 Å². The van der Waals surface area contributed by atoms with E-state index in [0.717, 1.165) is 11.8 Å². The molecule has 104 valence electrons. The van der Waals surface area contributed by atoms with Gasteiger partial charge in [0, 0.05) is 0 Å². The van der Waals surface area contributed by atoms with Crippen molar-refractivity contribution in [2.24, 2.45) is 11.8 Å². The van der Waals surface area contributed by atoms with Gasteiger partial charge in [-0.1, -0.05) is 54.4 Å². The van der Waals surface area contributed by atoms with Gasteiger partial charge in [-0.05, 0) is 37.5 Å². The summed E-state index contributed by atoms with van der Waals surface area (Å²) >= 11 is 0. The first-order valence-corrected chi connectivity index (χ1v) is 7.64. The Labute approximate surface area is 109 Å². The predicted molar refractivity (Wildman–Crippen MR) is 77.4 cm³/mol. The standard InChI is InChI=1S/C16H34O/c1-7-9-15(11-13(3)4)17-16(10-8-2)12-14(5)6/h13-16H,7-12H2,1-6H3. The summed E-state index contributed by atoms with van der Waals surface area (Å²) in [5, 5.41) is 0. The Hall–Kier alpha value is -0.0400. The molecule has 0 heterocycles. The van der Waals surface area contributed by atoms with Gasteiger partial charge >= 0.3 is 0 Å². The van der Waals surface area contributed by atoms with E-state index in [4.69, 9.17) is 4.74 Å². The summed E-state index contributed by atoms with van der Waals surface area (Å²) in [6.45, 7) is 13.7. The summed E-state index contributed by atoms with van der Waals surface area (Å²) in [6, 6.07) is 0. The van der Waals surface area contributed by atoms with Gasteiger partial charge in [-0.15, -0.1) is 0 Å². The summed E-state index contributed by atoms with van der Waals surface area (Å²) < 4.78 is 6.35. The largest absolute Gasteiger partial charge is 0.375 e. The van der Waals surface area contributed by atoms with E-state index in [2.05, 4.69) is 41.5 Å². The molecule has 0 aliphatic carbocycles. The van der Waals surface area contributed by atoms with Gasteiger partial charge < -0.3 is 4.74 Å². The molecule has 0 spiro atoms. The van der Waals surface area contributed by atoms with Gasteiger partial charge in [-0.3, -0.25) is 0 Å². The van der Waals surface area contributed by atoms with Gasteiger partial charge in [-0.2, -0.15) is 0 Å². The molecule has 0 aromatic rings. The Morgan fingerprint density at radius 3 is 1.29 bits per heavy atom. The van der Waals surface area contributed by atoms with Crippen LogP contribution in [0.2, 0.25) is 0 Å². The quantitative estimate of drug-likeness (QED) is 0.496. The second kappa shape index (κ2) is 9.94. The van der Waals surface area contributed by atoms with Crippen LogP contribution in [0.5, 0.6) is 0 Å². The average molecular weight is 242 g/mol. The summed E-state index contributed by atoms with van der Waals surface area (Å²) in [4.78, 5) is 0. The van der Waals surface area contributed by atoms with Crippen molar-refractivity contribution in [1.29, 1.82) is 0 Å². The number of ether oxygens (including phenoxy) is 1. The molecule has 2 unspecified atom stereocenters. The van der Waals surface area contributed by atoms with E-state index in [1.807, 2.05) is 0 Å². The van der Waals surface area contributed by atoms with Crippen LogP contribution in [0, 0.1) is 11.8 Å². The van der Waals surface area contributed by atoms with Gasteiger partial charge in [0.05, 0.1) is 12.2 Å². The second-order valence-corrected chi connectivity index (χ2v) is 6.22. The van der Waals surface area contributed by atoms with Crippen LogP contribution < -0.4 is 0 Å². The Morgan fingerprint density at radius 2 is 1.06 bits per heavy atom. The van der Waals surface area contributed by atoms with Crippen molar-refractivity contribution in [2.45, 2.75) is 92.3 Å². The predicted octanol–water partition coefficient (Wildman–Crippen LogP) is 5.43. The van der Waals surface area contributed by atoms with Crippen LogP contribution in [0.1, 0.15) is 80.1 Å². The third-order valence-electron chi connectivity index (χ3n) is 3.07. The van der Waals surface area contributed by atoms with Gasteiger partial charge in [0.1, 0.15) is 0 Å². The molecule has 17 heavy (non-hydrogen) atoms. The van der Waals surface area contributed by atoms with Crippen LogP contribution in [-0.2, 0) is 4.74 Å². The maximum absolute atomic E-state index is 6.35. The van der Waals surface area contributed by atoms with Gasteiger partial charge in [0.15, 0.2) is 0 Å². The highest BCUT2D eigenvalue weighted by molar-refractivity contribution is 4.67. The van der Waals surface area contributed by atoms with E-state index in [1.165, 1.54) is 38.5 Å². The molecule has 0 saturated heterocycles. The summed E-state index contributed by atoms with van der Waals surface area (Å²) in [5.74, 6) is 1.49. The molecule has 0 aliphatic rings. The van der Waals surface area contributed by atoms with Crippen LogP contribution in [0.3, 0.4) is 0 Å². The first kappa shape index (κ1) is 17.0. The normalized spacial score (nSPS) is 15.5. The molecule has 0 N–H and O–H groups in total. The molecule has 0 bridgehead atoms. The zero-order valence-electron chi connectivity index (χ0n) is 13.0. The average Bonchev–Trinajstić information content (AvgIpc) is 2.16. The van der Waals surface area contributed by atoms with Crippen LogP contribution >= 0.6 is 0 Å². The first-order chi connectivity index (χ1) is 7.99. The minimum Gasteiger partial charge on any atom is -0.375 e. The molecule has 0 amide bonds.